The molecule has 0 saturated heterocycles. The molecule has 112 valence electrons. The Labute approximate surface area is 128 Å². The summed E-state index contributed by atoms with van der Waals surface area (Å²) >= 11 is 0. The molecule has 0 atom stereocenters. The van der Waals surface area contributed by atoms with E-state index in [9.17, 15) is 9.59 Å². The van der Waals surface area contributed by atoms with Gasteiger partial charge in [-0.3, -0.25) is 9.59 Å². The van der Waals surface area contributed by atoms with Crippen LogP contribution in [0.15, 0.2) is 48.5 Å². The van der Waals surface area contributed by atoms with E-state index in [1.807, 2.05) is 24.3 Å². The van der Waals surface area contributed by atoms with E-state index in [2.05, 4.69) is 5.32 Å². The van der Waals surface area contributed by atoms with E-state index in [4.69, 9.17) is 4.74 Å². The summed E-state index contributed by atoms with van der Waals surface area (Å²) in [5, 5.41) is 2.69. The zero-order valence-corrected chi connectivity index (χ0v) is 12.2. The Kier molecular flexibility index (Phi) is 3.78. The number of fused-ring (bicyclic) bond motifs is 1. The van der Waals surface area contributed by atoms with Gasteiger partial charge in [0.15, 0.2) is 0 Å². The molecule has 0 bridgehead atoms. The maximum atomic E-state index is 12.8. The summed E-state index contributed by atoms with van der Waals surface area (Å²) in [5.74, 6) is 0.435. The van der Waals surface area contributed by atoms with Gasteiger partial charge in [-0.1, -0.05) is 18.2 Å². The normalized spacial score (nSPS) is 13.0. The van der Waals surface area contributed by atoms with Gasteiger partial charge in [-0.15, -0.1) is 0 Å². The van der Waals surface area contributed by atoms with Crippen molar-refractivity contribution in [2.24, 2.45) is 0 Å². The van der Waals surface area contributed by atoms with Gasteiger partial charge in [-0.05, 0) is 30.3 Å². The Morgan fingerprint density at radius 3 is 2.77 bits per heavy atom. The molecular formula is C17H16N2O3. The van der Waals surface area contributed by atoms with Crippen LogP contribution in [0.1, 0.15) is 17.3 Å². The molecule has 2 aromatic carbocycles. The number of hydrogen-bond donors (Lipinski definition) is 1. The number of anilines is 2. The topological polar surface area (TPSA) is 58.6 Å². The minimum atomic E-state index is -0.165. The van der Waals surface area contributed by atoms with Crippen molar-refractivity contribution < 1.29 is 14.3 Å². The molecule has 0 radical (unpaired) electrons. The number of para-hydroxylation sites is 2. The van der Waals surface area contributed by atoms with Crippen molar-refractivity contribution in [2.75, 3.05) is 23.4 Å². The van der Waals surface area contributed by atoms with Crippen LogP contribution in [0.5, 0.6) is 5.75 Å². The molecule has 0 saturated carbocycles. The van der Waals surface area contributed by atoms with Gasteiger partial charge in [-0.2, -0.15) is 0 Å². The summed E-state index contributed by atoms with van der Waals surface area (Å²) in [5.41, 5.74) is 1.91. The minimum Gasteiger partial charge on any atom is -0.490 e. The lowest BCUT2D eigenvalue weighted by Crippen LogP contribution is -2.37. The summed E-state index contributed by atoms with van der Waals surface area (Å²) in [7, 11) is 0. The highest BCUT2D eigenvalue weighted by Crippen LogP contribution is 2.32. The van der Waals surface area contributed by atoms with E-state index in [0.29, 0.717) is 30.2 Å². The van der Waals surface area contributed by atoms with Crippen molar-refractivity contribution in [3.05, 3.63) is 54.1 Å². The van der Waals surface area contributed by atoms with Gasteiger partial charge >= 0.3 is 0 Å². The van der Waals surface area contributed by atoms with E-state index in [1.165, 1.54) is 6.92 Å². The second kappa shape index (κ2) is 5.89. The number of nitrogens with one attached hydrogen (secondary N) is 1. The number of amides is 2. The molecule has 1 N–H and O–H groups in total. The molecular weight excluding hydrogens is 280 g/mol. The van der Waals surface area contributed by atoms with Gasteiger partial charge in [0.2, 0.25) is 5.91 Å². The van der Waals surface area contributed by atoms with Crippen LogP contribution in [0.25, 0.3) is 0 Å². The first kappa shape index (κ1) is 14.1. The van der Waals surface area contributed by atoms with Crippen molar-refractivity contribution in [1.29, 1.82) is 0 Å². The maximum Gasteiger partial charge on any atom is 0.258 e. The fourth-order valence-corrected chi connectivity index (χ4v) is 2.47. The molecule has 0 unspecified atom stereocenters. The van der Waals surface area contributed by atoms with Crippen LogP contribution in [0, 0.1) is 0 Å². The second-order valence-corrected chi connectivity index (χ2v) is 5.03. The number of ether oxygens (including phenoxy) is 1. The van der Waals surface area contributed by atoms with Crippen LogP contribution in [-0.2, 0) is 4.79 Å². The van der Waals surface area contributed by atoms with Gasteiger partial charge in [-0.25, -0.2) is 0 Å². The quantitative estimate of drug-likeness (QED) is 0.927. The average molecular weight is 296 g/mol. The lowest BCUT2D eigenvalue weighted by molar-refractivity contribution is -0.114. The number of benzene rings is 2. The summed E-state index contributed by atoms with van der Waals surface area (Å²) in [6.07, 6.45) is 0. The van der Waals surface area contributed by atoms with Gasteiger partial charge in [0, 0.05) is 18.2 Å². The van der Waals surface area contributed by atoms with E-state index in [1.54, 1.807) is 29.2 Å². The zero-order chi connectivity index (χ0) is 15.5. The fraction of sp³-hybridized carbons (Fsp3) is 0.176. The SMILES string of the molecule is CC(=O)Nc1cccc(C(=O)N2CCOc3ccccc32)c1. The number of rotatable bonds is 2. The molecule has 2 aromatic rings. The Morgan fingerprint density at radius 2 is 1.95 bits per heavy atom. The van der Waals surface area contributed by atoms with Gasteiger partial charge < -0.3 is 15.0 Å². The monoisotopic (exact) mass is 296 g/mol. The molecule has 5 nitrogen and oxygen atoms in total. The van der Waals surface area contributed by atoms with Crippen molar-refractivity contribution >= 4 is 23.2 Å². The number of nitrogens with zero attached hydrogens (tertiary/aromatic N) is 1. The third-order valence-electron chi connectivity index (χ3n) is 3.40. The van der Waals surface area contributed by atoms with E-state index >= 15 is 0 Å². The summed E-state index contributed by atoms with van der Waals surface area (Å²) < 4.78 is 5.57. The van der Waals surface area contributed by atoms with Gasteiger partial charge in [0.1, 0.15) is 12.4 Å². The third-order valence-corrected chi connectivity index (χ3v) is 3.40. The first-order valence-corrected chi connectivity index (χ1v) is 7.06. The Bertz CT molecular complexity index is 727. The van der Waals surface area contributed by atoms with E-state index in [-0.39, 0.29) is 11.8 Å². The van der Waals surface area contributed by atoms with Crippen LogP contribution in [0.4, 0.5) is 11.4 Å². The molecule has 5 heteroatoms. The highest BCUT2D eigenvalue weighted by atomic mass is 16.5. The van der Waals surface area contributed by atoms with Crippen LogP contribution in [0.3, 0.4) is 0 Å². The van der Waals surface area contributed by atoms with Crippen LogP contribution >= 0.6 is 0 Å². The highest BCUT2D eigenvalue weighted by Gasteiger charge is 2.24. The van der Waals surface area contributed by atoms with E-state index in [0.717, 1.165) is 5.69 Å². The fourth-order valence-electron chi connectivity index (χ4n) is 2.47. The molecule has 2 amide bonds. The van der Waals surface area contributed by atoms with E-state index < -0.39 is 0 Å². The van der Waals surface area contributed by atoms with Gasteiger partial charge in [0.25, 0.3) is 5.91 Å². The third kappa shape index (κ3) is 2.79. The predicted octanol–water partition coefficient (Wildman–Crippen LogP) is 2.68. The second-order valence-electron chi connectivity index (χ2n) is 5.03. The van der Waals surface area contributed by atoms with Crippen LogP contribution < -0.4 is 15.0 Å². The molecule has 1 aliphatic rings. The molecule has 0 aliphatic carbocycles. The molecule has 0 aromatic heterocycles. The summed E-state index contributed by atoms with van der Waals surface area (Å²) in [4.78, 5) is 25.6. The van der Waals surface area contributed by atoms with Crippen molar-refractivity contribution in [3.8, 4) is 5.75 Å². The smallest absolute Gasteiger partial charge is 0.258 e. The Balaban J connectivity index is 1.90. The molecule has 0 spiro atoms. The first-order chi connectivity index (χ1) is 10.6. The molecule has 1 aliphatic heterocycles. The maximum absolute atomic E-state index is 12.8. The first-order valence-electron chi connectivity index (χ1n) is 7.06. The summed E-state index contributed by atoms with van der Waals surface area (Å²) in [6.45, 7) is 2.40. The Morgan fingerprint density at radius 1 is 1.14 bits per heavy atom. The van der Waals surface area contributed by atoms with Crippen molar-refractivity contribution in [3.63, 3.8) is 0 Å². The average Bonchev–Trinajstić information content (AvgIpc) is 2.53. The Hall–Kier alpha value is -2.82. The minimum absolute atomic E-state index is 0.108. The molecule has 0 fully saturated rings. The van der Waals surface area contributed by atoms with Gasteiger partial charge in [0.05, 0.1) is 12.2 Å². The molecule has 3 rings (SSSR count). The predicted molar refractivity (Wildman–Crippen MR) is 84.4 cm³/mol. The molecule has 1 heterocycles. The molecule has 22 heavy (non-hydrogen) atoms. The highest BCUT2D eigenvalue weighted by molar-refractivity contribution is 6.08. The largest absolute Gasteiger partial charge is 0.490 e. The number of hydrogen-bond acceptors (Lipinski definition) is 3. The lowest BCUT2D eigenvalue weighted by Gasteiger charge is -2.29. The van der Waals surface area contributed by atoms with Crippen LogP contribution in [0.2, 0.25) is 0 Å². The standard InChI is InChI=1S/C17H16N2O3/c1-12(20)18-14-6-4-5-13(11-14)17(21)19-9-10-22-16-8-3-2-7-15(16)19/h2-8,11H,9-10H2,1H3,(H,18,20). The number of carbonyl (C=O) groups excluding carboxylic acids is 2. The lowest BCUT2D eigenvalue weighted by atomic mass is 10.1. The number of carbonyl (C=O) groups is 2. The summed E-state index contributed by atoms with van der Waals surface area (Å²) in [6, 6.07) is 14.4. The van der Waals surface area contributed by atoms with Crippen molar-refractivity contribution in [2.45, 2.75) is 6.92 Å². The van der Waals surface area contributed by atoms with Crippen molar-refractivity contribution in [1.82, 2.24) is 0 Å². The van der Waals surface area contributed by atoms with Crippen LogP contribution in [-0.4, -0.2) is 25.0 Å². The zero-order valence-electron chi connectivity index (χ0n) is 12.2.